The molecule has 3 aromatic rings. The van der Waals surface area contributed by atoms with Gasteiger partial charge in [-0.05, 0) is 80.1 Å². The Balaban J connectivity index is 1.25. The highest BCUT2D eigenvalue weighted by atomic mass is 15.3. The van der Waals surface area contributed by atoms with Crippen molar-refractivity contribution in [1.29, 1.82) is 0 Å². The first-order valence-electron chi connectivity index (χ1n) is 11.2. The summed E-state index contributed by atoms with van der Waals surface area (Å²) in [5, 5.41) is 1.27. The molecule has 0 aliphatic carbocycles. The van der Waals surface area contributed by atoms with Crippen LogP contribution in [0.3, 0.4) is 0 Å². The molecule has 2 aliphatic heterocycles. The second kappa shape index (κ2) is 8.19. The molecule has 2 aliphatic rings. The van der Waals surface area contributed by atoms with Crippen molar-refractivity contribution in [3.05, 3.63) is 64.8 Å². The van der Waals surface area contributed by atoms with Gasteiger partial charge in [0.2, 0.25) is 0 Å². The van der Waals surface area contributed by atoms with Gasteiger partial charge in [-0.15, -0.1) is 0 Å². The van der Waals surface area contributed by atoms with Gasteiger partial charge in [-0.2, -0.15) is 0 Å². The highest BCUT2D eigenvalue weighted by Crippen LogP contribution is 2.30. The summed E-state index contributed by atoms with van der Waals surface area (Å²) in [6.07, 6.45) is 5.40. The van der Waals surface area contributed by atoms with Gasteiger partial charge >= 0.3 is 0 Å². The van der Waals surface area contributed by atoms with Gasteiger partial charge in [-0.1, -0.05) is 12.1 Å². The number of benzene rings is 2. The van der Waals surface area contributed by atoms with E-state index in [1.54, 1.807) is 0 Å². The Morgan fingerprint density at radius 1 is 0.933 bits per heavy atom. The maximum Gasteiger partial charge on any atom is 0.0726 e. The highest BCUT2D eigenvalue weighted by Gasteiger charge is 2.20. The Bertz CT molecular complexity index is 1090. The fraction of sp³-hybridized carbons (Fsp3) is 0.385. The number of nitrogens with zero attached hydrogens (tertiary/aromatic N) is 4. The molecule has 154 valence electrons. The average molecular weight is 399 g/mol. The minimum Gasteiger partial charge on any atom is -0.368 e. The van der Waals surface area contributed by atoms with Gasteiger partial charge < -0.3 is 4.90 Å². The molecule has 0 amide bonds. The molecule has 1 aromatic heterocycles. The highest BCUT2D eigenvalue weighted by molar-refractivity contribution is 5.92. The predicted molar refractivity (Wildman–Crippen MR) is 126 cm³/mol. The first kappa shape index (κ1) is 19.3. The molecule has 4 nitrogen and oxygen atoms in total. The van der Waals surface area contributed by atoms with Gasteiger partial charge in [-0.25, -0.2) is 0 Å². The molecular weight excluding hydrogens is 368 g/mol. The van der Waals surface area contributed by atoms with E-state index in [0.29, 0.717) is 0 Å². The van der Waals surface area contributed by atoms with E-state index >= 15 is 0 Å². The van der Waals surface area contributed by atoms with Crippen LogP contribution in [0.1, 0.15) is 28.8 Å². The van der Waals surface area contributed by atoms with E-state index in [1.807, 2.05) is 0 Å². The lowest BCUT2D eigenvalue weighted by Gasteiger charge is -2.36. The normalized spacial score (nSPS) is 16.8. The van der Waals surface area contributed by atoms with Gasteiger partial charge in [0.25, 0.3) is 0 Å². The van der Waals surface area contributed by atoms with E-state index in [1.165, 1.54) is 33.5 Å². The molecular formula is C26H30N4. The van der Waals surface area contributed by atoms with Gasteiger partial charge in [0.1, 0.15) is 0 Å². The van der Waals surface area contributed by atoms with Crippen LogP contribution in [-0.4, -0.2) is 48.8 Å². The fourth-order valence-corrected chi connectivity index (χ4v) is 4.92. The van der Waals surface area contributed by atoms with Gasteiger partial charge in [0.05, 0.1) is 11.2 Å². The van der Waals surface area contributed by atoms with Gasteiger partial charge in [0.15, 0.2) is 0 Å². The van der Waals surface area contributed by atoms with Crippen molar-refractivity contribution in [2.45, 2.75) is 33.1 Å². The first-order chi connectivity index (χ1) is 14.7. The minimum atomic E-state index is 1.07. The van der Waals surface area contributed by atoms with E-state index in [0.717, 1.165) is 63.2 Å². The Morgan fingerprint density at radius 3 is 2.67 bits per heavy atom. The summed E-state index contributed by atoms with van der Waals surface area (Å²) in [4.78, 5) is 14.5. The number of aliphatic imine (C=N–C) groups is 1. The molecule has 0 bridgehead atoms. The summed E-state index contributed by atoms with van der Waals surface area (Å²) < 4.78 is 0. The number of hydrogen-bond acceptors (Lipinski definition) is 4. The average Bonchev–Trinajstić information content (AvgIpc) is 2.78. The van der Waals surface area contributed by atoms with Crippen molar-refractivity contribution in [2.24, 2.45) is 4.99 Å². The van der Waals surface area contributed by atoms with Crippen molar-refractivity contribution < 1.29 is 0 Å². The molecule has 5 rings (SSSR count). The van der Waals surface area contributed by atoms with Crippen LogP contribution in [0.15, 0.2) is 47.5 Å². The van der Waals surface area contributed by atoms with Crippen molar-refractivity contribution >= 4 is 28.5 Å². The van der Waals surface area contributed by atoms with Crippen LogP contribution in [0, 0.1) is 13.8 Å². The molecule has 0 atom stereocenters. The van der Waals surface area contributed by atoms with E-state index in [9.17, 15) is 0 Å². The van der Waals surface area contributed by atoms with Gasteiger partial charge in [0, 0.05) is 55.7 Å². The van der Waals surface area contributed by atoms with Crippen molar-refractivity contribution in [3.8, 4) is 0 Å². The van der Waals surface area contributed by atoms with E-state index in [-0.39, 0.29) is 0 Å². The number of piperazine rings is 1. The Kier molecular flexibility index (Phi) is 5.26. The van der Waals surface area contributed by atoms with Crippen LogP contribution in [0.5, 0.6) is 0 Å². The molecule has 0 spiro atoms. The molecule has 1 fully saturated rings. The predicted octanol–water partition coefficient (Wildman–Crippen LogP) is 4.86. The van der Waals surface area contributed by atoms with E-state index in [4.69, 9.17) is 4.98 Å². The zero-order valence-corrected chi connectivity index (χ0v) is 18.1. The largest absolute Gasteiger partial charge is 0.368 e. The number of fused-ring (bicyclic) bond motifs is 2. The molecule has 30 heavy (non-hydrogen) atoms. The molecule has 0 unspecified atom stereocenters. The quantitative estimate of drug-likeness (QED) is 0.629. The third kappa shape index (κ3) is 3.72. The molecule has 4 heteroatoms. The third-order valence-electron chi connectivity index (χ3n) is 6.63. The third-order valence-corrected chi connectivity index (χ3v) is 6.63. The summed E-state index contributed by atoms with van der Waals surface area (Å²) in [5.41, 5.74) is 9.12. The lowest BCUT2D eigenvalue weighted by atomic mass is 9.93. The van der Waals surface area contributed by atoms with Crippen molar-refractivity contribution in [1.82, 2.24) is 9.88 Å². The maximum absolute atomic E-state index is 4.71. The van der Waals surface area contributed by atoms with E-state index < -0.39 is 0 Å². The lowest BCUT2D eigenvalue weighted by Crippen LogP contribution is -2.47. The van der Waals surface area contributed by atoms with Crippen LogP contribution in [0.25, 0.3) is 10.9 Å². The SMILES string of the molecule is Cc1ccc2c(N3CCN(CCc4c(C)ccc5c4CCC=N5)CC3)cccc2n1. The Labute approximate surface area is 179 Å². The monoisotopic (exact) mass is 398 g/mol. The number of hydrogen-bond donors (Lipinski definition) is 0. The number of anilines is 1. The standard InChI is InChI=1S/C26H30N4/c1-19-8-11-24-22(5-4-13-27-24)21(19)12-14-29-15-17-30(18-16-29)26-7-3-6-25-23(26)10-9-20(2)28-25/h3,6-11,13H,4-5,12,14-18H2,1-2H3. The van der Waals surface area contributed by atoms with Crippen LogP contribution in [-0.2, 0) is 12.8 Å². The van der Waals surface area contributed by atoms with E-state index in [2.05, 4.69) is 77.3 Å². The second-order valence-corrected chi connectivity index (χ2v) is 8.58. The second-order valence-electron chi connectivity index (χ2n) is 8.58. The molecule has 2 aromatic carbocycles. The summed E-state index contributed by atoms with van der Waals surface area (Å²) in [5.74, 6) is 0. The van der Waals surface area contributed by atoms with Crippen molar-refractivity contribution in [2.75, 3.05) is 37.6 Å². The molecule has 1 saturated heterocycles. The van der Waals surface area contributed by atoms with Crippen LogP contribution >= 0.6 is 0 Å². The number of pyridine rings is 1. The minimum absolute atomic E-state index is 1.07. The number of aryl methyl sites for hydroxylation is 2. The lowest BCUT2D eigenvalue weighted by molar-refractivity contribution is 0.261. The zero-order valence-electron chi connectivity index (χ0n) is 18.1. The smallest absolute Gasteiger partial charge is 0.0726 e. The molecule has 0 saturated carbocycles. The summed E-state index contributed by atoms with van der Waals surface area (Å²) in [7, 11) is 0. The molecule has 0 radical (unpaired) electrons. The summed E-state index contributed by atoms with van der Waals surface area (Å²) >= 11 is 0. The fourth-order valence-electron chi connectivity index (χ4n) is 4.92. The van der Waals surface area contributed by atoms with Crippen molar-refractivity contribution in [3.63, 3.8) is 0 Å². The number of rotatable bonds is 4. The number of aromatic nitrogens is 1. The summed E-state index contributed by atoms with van der Waals surface area (Å²) in [6.45, 7) is 9.81. The zero-order chi connectivity index (χ0) is 20.5. The maximum atomic E-state index is 4.71. The van der Waals surface area contributed by atoms with Gasteiger partial charge in [-0.3, -0.25) is 14.9 Å². The van der Waals surface area contributed by atoms with Crippen LogP contribution in [0.4, 0.5) is 11.4 Å². The molecule has 0 N–H and O–H groups in total. The topological polar surface area (TPSA) is 31.7 Å². The Hall–Kier alpha value is -2.72. The Morgan fingerprint density at radius 2 is 1.80 bits per heavy atom. The van der Waals surface area contributed by atoms with Crippen LogP contribution in [0.2, 0.25) is 0 Å². The first-order valence-corrected chi connectivity index (χ1v) is 11.2. The molecule has 3 heterocycles. The van der Waals surface area contributed by atoms with Crippen LogP contribution < -0.4 is 4.90 Å². The summed E-state index contributed by atoms with van der Waals surface area (Å²) in [6, 6.07) is 15.3.